The number of hydrogen-bond acceptors (Lipinski definition) is 5. The molecule has 5 heteroatoms. The Morgan fingerprint density at radius 3 is 2.53 bits per heavy atom. The second-order valence-electron chi connectivity index (χ2n) is 2.94. The molecule has 0 saturated heterocycles. The van der Waals surface area contributed by atoms with E-state index in [1.54, 1.807) is 7.11 Å². The Labute approximate surface area is 92.2 Å². The molecule has 0 atom stereocenters. The zero-order valence-corrected chi connectivity index (χ0v) is 9.34. The second-order valence-corrected chi connectivity index (χ2v) is 3.47. The molecule has 0 saturated carbocycles. The fourth-order valence-corrected chi connectivity index (χ4v) is 1.86. The lowest BCUT2D eigenvalue weighted by Gasteiger charge is -2.02. The number of methoxy groups -OCH3 is 1. The minimum Gasteiger partial charge on any atom is -0.497 e. The van der Waals surface area contributed by atoms with Crippen molar-refractivity contribution < 1.29 is 4.74 Å². The monoisotopic (exact) mass is 221 g/mol. The van der Waals surface area contributed by atoms with Crippen LogP contribution >= 0.6 is 11.7 Å². The van der Waals surface area contributed by atoms with Gasteiger partial charge in [-0.15, -0.1) is 0 Å². The van der Waals surface area contributed by atoms with Gasteiger partial charge in [-0.2, -0.15) is 8.75 Å². The van der Waals surface area contributed by atoms with Crippen molar-refractivity contribution in [3.8, 4) is 17.0 Å². The maximum absolute atomic E-state index is 5.09. The predicted octanol–water partition coefficient (Wildman–Crippen LogP) is 2.26. The van der Waals surface area contributed by atoms with Crippen molar-refractivity contribution in [3.05, 3.63) is 24.3 Å². The number of rotatable bonds is 3. The molecule has 0 bridgehead atoms. The Kier molecular flexibility index (Phi) is 2.82. The van der Waals surface area contributed by atoms with Crippen LogP contribution in [0, 0.1) is 0 Å². The molecule has 2 rings (SSSR count). The summed E-state index contributed by atoms with van der Waals surface area (Å²) >= 11 is 1.20. The Bertz CT molecular complexity index is 438. The molecule has 0 radical (unpaired) electrons. The van der Waals surface area contributed by atoms with Crippen molar-refractivity contribution in [2.24, 2.45) is 0 Å². The van der Waals surface area contributed by atoms with Crippen LogP contribution in [0.25, 0.3) is 11.3 Å². The zero-order chi connectivity index (χ0) is 10.7. The van der Waals surface area contributed by atoms with Gasteiger partial charge < -0.3 is 10.1 Å². The summed E-state index contributed by atoms with van der Waals surface area (Å²) in [7, 11) is 3.49. The summed E-state index contributed by atoms with van der Waals surface area (Å²) in [6.45, 7) is 0. The normalized spacial score (nSPS) is 10.0. The molecule has 15 heavy (non-hydrogen) atoms. The number of nitrogens with zero attached hydrogens (tertiary/aromatic N) is 2. The first-order valence-corrected chi connectivity index (χ1v) is 5.23. The molecule has 0 fully saturated rings. The van der Waals surface area contributed by atoms with E-state index in [0.717, 1.165) is 22.8 Å². The molecule has 0 aliphatic heterocycles. The molecule has 0 spiro atoms. The third-order valence-electron chi connectivity index (χ3n) is 2.09. The topological polar surface area (TPSA) is 47.0 Å². The Balaban J connectivity index is 2.37. The van der Waals surface area contributed by atoms with E-state index in [1.165, 1.54) is 11.7 Å². The van der Waals surface area contributed by atoms with Gasteiger partial charge in [0.25, 0.3) is 0 Å². The third kappa shape index (κ3) is 1.92. The van der Waals surface area contributed by atoms with E-state index in [-0.39, 0.29) is 0 Å². The van der Waals surface area contributed by atoms with Gasteiger partial charge in [0.05, 0.1) is 18.8 Å². The number of anilines is 1. The Hall–Kier alpha value is -1.62. The fraction of sp³-hybridized carbons (Fsp3) is 0.200. The lowest BCUT2D eigenvalue weighted by Crippen LogP contribution is -1.91. The van der Waals surface area contributed by atoms with Crippen LogP contribution < -0.4 is 10.1 Å². The molecule has 0 unspecified atom stereocenters. The van der Waals surface area contributed by atoms with Crippen LogP contribution in [-0.4, -0.2) is 22.9 Å². The number of benzene rings is 1. The van der Waals surface area contributed by atoms with E-state index in [1.807, 2.05) is 31.3 Å². The van der Waals surface area contributed by atoms with Crippen molar-refractivity contribution in [2.75, 3.05) is 19.5 Å². The van der Waals surface area contributed by atoms with E-state index in [9.17, 15) is 0 Å². The molecule has 78 valence electrons. The molecule has 0 aliphatic rings. The van der Waals surface area contributed by atoms with Gasteiger partial charge in [-0.05, 0) is 24.3 Å². The first kappa shape index (κ1) is 9.92. The molecule has 1 aromatic carbocycles. The standard InChI is InChI=1S/C10H11N3OS/c1-11-10-9(12-15-13-10)7-3-5-8(14-2)6-4-7/h3-6H,1-2H3,(H,11,13). The first-order valence-electron chi connectivity index (χ1n) is 4.50. The van der Waals surface area contributed by atoms with Crippen molar-refractivity contribution in [1.82, 2.24) is 8.75 Å². The van der Waals surface area contributed by atoms with Crippen LogP contribution in [0.5, 0.6) is 5.75 Å². The third-order valence-corrected chi connectivity index (χ3v) is 2.62. The van der Waals surface area contributed by atoms with Crippen molar-refractivity contribution in [2.45, 2.75) is 0 Å². The van der Waals surface area contributed by atoms with Crippen LogP contribution in [0.2, 0.25) is 0 Å². The molecule has 0 amide bonds. The van der Waals surface area contributed by atoms with Gasteiger partial charge in [-0.25, -0.2) is 0 Å². The zero-order valence-electron chi connectivity index (χ0n) is 8.52. The van der Waals surface area contributed by atoms with E-state index in [0.29, 0.717) is 0 Å². The van der Waals surface area contributed by atoms with Gasteiger partial charge >= 0.3 is 0 Å². The van der Waals surface area contributed by atoms with E-state index < -0.39 is 0 Å². The summed E-state index contributed by atoms with van der Waals surface area (Å²) < 4.78 is 13.5. The molecule has 1 N–H and O–H groups in total. The van der Waals surface area contributed by atoms with Gasteiger partial charge in [0.2, 0.25) is 0 Å². The summed E-state index contributed by atoms with van der Waals surface area (Å²) in [4.78, 5) is 0. The summed E-state index contributed by atoms with van der Waals surface area (Å²) in [5.41, 5.74) is 1.92. The summed E-state index contributed by atoms with van der Waals surface area (Å²) in [5.74, 6) is 1.65. The molecular formula is C10H11N3OS. The highest BCUT2D eigenvalue weighted by Gasteiger charge is 2.08. The predicted molar refractivity (Wildman–Crippen MR) is 61.4 cm³/mol. The highest BCUT2D eigenvalue weighted by Crippen LogP contribution is 2.26. The highest BCUT2D eigenvalue weighted by molar-refractivity contribution is 6.99. The van der Waals surface area contributed by atoms with Crippen LogP contribution in [0.15, 0.2) is 24.3 Å². The van der Waals surface area contributed by atoms with Crippen molar-refractivity contribution in [1.29, 1.82) is 0 Å². The molecule has 1 heterocycles. The van der Waals surface area contributed by atoms with Gasteiger partial charge in [0.15, 0.2) is 5.82 Å². The fourth-order valence-electron chi connectivity index (χ4n) is 1.29. The minimum atomic E-state index is 0.810. The summed E-state index contributed by atoms with van der Waals surface area (Å²) in [5, 5.41) is 3.01. The molecule has 4 nitrogen and oxygen atoms in total. The first-order chi connectivity index (χ1) is 7.35. The smallest absolute Gasteiger partial charge is 0.167 e. The SMILES string of the molecule is CNc1nsnc1-c1ccc(OC)cc1. The van der Waals surface area contributed by atoms with Crippen LogP contribution in [-0.2, 0) is 0 Å². The molecular weight excluding hydrogens is 210 g/mol. The number of ether oxygens (including phenoxy) is 1. The second kappa shape index (κ2) is 4.27. The molecule has 0 aliphatic carbocycles. The number of nitrogens with one attached hydrogen (secondary N) is 1. The number of aromatic nitrogens is 2. The largest absolute Gasteiger partial charge is 0.497 e. The minimum absolute atomic E-state index is 0.810. The van der Waals surface area contributed by atoms with Gasteiger partial charge in [0, 0.05) is 12.6 Å². The van der Waals surface area contributed by atoms with E-state index in [2.05, 4.69) is 14.1 Å². The van der Waals surface area contributed by atoms with Gasteiger partial charge in [-0.3, -0.25) is 0 Å². The van der Waals surface area contributed by atoms with E-state index in [4.69, 9.17) is 4.74 Å². The quantitative estimate of drug-likeness (QED) is 0.863. The van der Waals surface area contributed by atoms with E-state index >= 15 is 0 Å². The maximum atomic E-state index is 5.09. The van der Waals surface area contributed by atoms with Gasteiger partial charge in [0.1, 0.15) is 11.4 Å². The Morgan fingerprint density at radius 1 is 1.20 bits per heavy atom. The van der Waals surface area contributed by atoms with Gasteiger partial charge in [-0.1, -0.05) is 0 Å². The Morgan fingerprint density at radius 2 is 1.93 bits per heavy atom. The van der Waals surface area contributed by atoms with Crippen molar-refractivity contribution in [3.63, 3.8) is 0 Å². The average Bonchev–Trinajstić information content (AvgIpc) is 2.77. The lowest BCUT2D eigenvalue weighted by atomic mass is 10.1. The van der Waals surface area contributed by atoms with Crippen LogP contribution in [0.1, 0.15) is 0 Å². The van der Waals surface area contributed by atoms with Crippen molar-refractivity contribution >= 4 is 17.5 Å². The molecule has 2 aromatic rings. The molecule has 1 aromatic heterocycles. The van der Waals surface area contributed by atoms with Crippen LogP contribution in [0.3, 0.4) is 0 Å². The summed E-state index contributed by atoms with van der Waals surface area (Å²) in [6, 6.07) is 7.76. The lowest BCUT2D eigenvalue weighted by molar-refractivity contribution is 0.415. The highest BCUT2D eigenvalue weighted by atomic mass is 32.1. The maximum Gasteiger partial charge on any atom is 0.167 e. The number of hydrogen-bond donors (Lipinski definition) is 1. The summed E-state index contributed by atoms with van der Waals surface area (Å²) in [6.07, 6.45) is 0. The average molecular weight is 221 g/mol. The van der Waals surface area contributed by atoms with Crippen LogP contribution in [0.4, 0.5) is 5.82 Å².